The summed E-state index contributed by atoms with van der Waals surface area (Å²) in [5, 5.41) is 4.05. The van der Waals surface area contributed by atoms with Gasteiger partial charge in [-0.3, -0.25) is 4.98 Å². The van der Waals surface area contributed by atoms with E-state index in [2.05, 4.69) is 22.0 Å². The quantitative estimate of drug-likeness (QED) is 0.745. The first-order valence-electron chi connectivity index (χ1n) is 6.84. The molecular formula is C16H16N4O. The summed E-state index contributed by atoms with van der Waals surface area (Å²) in [6, 6.07) is 9.61. The van der Waals surface area contributed by atoms with Gasteiger partial charge in [0, 0.05) is 11.9 Å². The van der Waals surface area contributed by atoms with Crippen molar-refractivity contribution < 1.29 is 4.52 Å². The zero-order valence-electron chi connectivity index (χ0n) is 12.0. The van der Waals surface area contributed by atoms with Crippen LogP contribution in [0.5, 0.6) is 0 Å². The predicted octanol–water partition coefficient (Wildman–Crippen LogP) is 3.25. The van der Waals surface area contributed by atoms with E-state index in [4.69, 9.17) is 10.3 Å². The first kappa shape index (κ1) is 13.3. The second kappa shape index (κ2) is 5.36. The van der Waals surface area contributed by atoms with Gasteiger partial charge in [-0.15, -0.1) is 0 Å². The van der Waals surface area contributed by atoms with E-state index in [1.165, 1.54) is 0 Å². The smallest absolute Gasteiger partial charge is 0.260 e. The van der Waals surface area contributed by atoms with E-state index < -0.39 is 0 Å². The van der Waals surface area contributed by atoms with Crippen molar-refractivity contribution in [2.75, 3.05) is 5.73 Å². The van der Waals surface area contributed by atoms with Crippen LogP contribution in [0.25, 0.3) is 23.0 Å². The molecule has 3 rings (SSSR count). The lowest BCUT2D eigenvalue weighted by molar-refractivity contribution is 0.432. The summed E-state index contributed by atoms with van der Waals surface area (Å²) in [5.74, 6) is 0.915. The number of rotatable bonds is 3. The van der Waals surface area contributed by atoms with E-state index in [0.29, 0.717) is 17.4 Å². The predicted molar refractivity (Wildman–Crippen MR) is 81.5 cm³/mol. The molecule has 0 bridgehead atoms. The lowest BCUT2D eigenvalue weighted by Crippen LogP contribution is -1.94. The fourth-order valence-electron chi connectivity index (χ4n) is 2.33. The molecule has 2 heterocycles. The van der Waals surface area contributed by atoms with E-state index >= 15 is 0 Å². The van der Waals surface area contributed by atoms with Gasteiger partial charge in [0.25, 0.3) is 5.89 Å². The molecule has 0 aliphatic carbocycles. The SMILES string of the molecule is CCc1cccnc1-c1noc(-c2c(C)cccc2N)n1. The Balaban J connectivity index is 2.09. The highest BCUT2D eigenvalue weighted by Gasteiger charge is 2.17. The van der Waals surface area contributed by atoms with Gasteiger partial charge in [0.2, 0.25) is 5.82 Å². The lowest BCUT2D eigenvalue weighted by Gasteiger charge is -2.03. The van der Waals surface area contributed by atoms with E-state index in [1.807, 2.05) is 37.3 Å². The molecule has 21 heavy (non-hydrogen) atoms. The fraction of sp³-hybridized carbons (Fsp3) is 0.188. The summed E-state index contributed by atoms with van der Waals surface area (Å²) >= 11 is 0. The van der Waals surface area contributed by atoms with Crippen LogP contribution in [-0.2, 0) is 6.42 Å². The number of nitrogens with zero attached hydrogens (tertiary/aromatic N) is 3. The van der Waals surface area contributed by atoms with Gasteiger partial charge in [-0.2, -0.15) is 4.98 Å². The molecule has 0 unspecified atom stereocenters. The molecule has 5 heteroatoms. The van der Waals surface area contributed by atoms with Gasteiger partial charge < -0.3 is 10.3 Å². The van der Waals surface area contributed by atoms with Crippen LogP contribution in [0, 0.1) is 6.92 Å². The zero-order valence-corrected chi connectivity index (χ0v) is 12.0. The summed E-state index contributed by atoms with van der Waals surface area (Å²) in [6.45, 7) is 4.04. The highest BCUT2D eigenvalue weighted by molar-refractivity contribution is 5.74. The molecule has 0 aliphatic rings. The van der Waals surface area contributed by atoms with Crippen LogP contribution >= 0.6 is 0 Å². The monoisotopic (exact) mass is 280 g/mol. The Morgan fingerprint density at radius 1 is 1.19 bits per heavy atom. The second-order valence-electron chi connectivity index (χ2n) is 4.83. The molecular weight excluding hydrogens is 264 g/mol. The number of aromatic nitrogens is 3. The van der Waals surface area contributed by atoms with Crippen molar-refractivity contribution in [2.45, 2.75) is 20.3 Å². The van der Waals surface area contributed by atoms with Gasteiger partial charge in [0.15, 0.2) is 0 Å². The van der Waals surface area contributed by atoms with Crippen molar-refractivity contribution in [1.29, 1.82) is 0 Å². The number of benzene rings is 1. The van der Waals surface area contributed by atoms with Crippen LogP contribution in [0.4, 0.5) is 5.69 Å². The minimum atomic E-state index is 0.424. The Morgan fingerprint density at radius 2 is 2.05 bits per heavy atom. The number of anilines is 1. The van der Waals surface area contributed by atoms with Crippen molar-refractivity contribution in [3.63, 3.8) is 0 Å². The molecule has 0 amide bonds. The Hall–Kier alpha value is -2.69. The fourth-order valence-corrected chi connectivity index (χ4v) is 2.33. The van der Waals surface area contributed by atoms with Crippen LogP contribution in [0.3, 0.4) is 0 Å². The molecule has 0 atom stereocenters. The molecule has 0 aliphatic heterocycles. The van der Waals surface area contributed by atoms with Gasteiger partial charge in [-0.25, -0.2) is 0 Å². The second-order valence-corrected chi connectivity index (χ2v) is 4.83. The van der Waals surface area contributed by atoms with Crippen molar-refractivity contribution >= 4 is 5.69 Å². The summed E-state index contributed by atoms with van der Waals surface area (Å²) < 4.78 is 5.39. The Morgan fingerprint density at radius 3 is 2.81 bits per heavy atom. The number of hydrogen-bond acceptors (Lipinski definition) is 5. The molecule has 0 saturated heterocycles. The molecule has 5 nitrogen and oxygen atoms in total. The summed E-state index contributed by atoms with van der Waals surface area (Å²) in [4.78, 5) is 8.82. The Labute approximate surface area is 122 Å². The van der Waals surface area contributed by atoms with Crippen LogP contribution < -0.4 is 5.73 Å². The van der Waals surface area contributed by atoms with Crippen LogP contribution in [0.1, 0.15) is 18.1 Å². The molecule has 2 aromatic heterocycles. The maximum absolute atomic E-state index is 6.01. The molecule has 3 aromatic rings. The highest BCUT2D eigenvalue weighted by Crippen LogP contribution is 2.29. The van der Waals surface area contributed by atoms with Gasteiger partial charge in [-0.1, -0.05) is 30.3 Å². The molecule has 2 N–H and O–H groups in total. The van der Waals surface area contributed by atoms with E-state index in [1.54, 1.807) is 6.20 Å². The van der Waals surface area contributed by atoms with E-state index in [9.17, 15) is 0 Å². The first-order chi connectivity index (χ1) is 10.2. The maximum atomic E-state index is 6.01. The maximum Gasteiger partial charge on any atom is 0.260 e. The van der Waals surface area contributed by atoms with Gasteiger partial charge in [0.1, 0.15) is 5.69 Å². The minimum Gasteiger partial charge on any atom is -0.398 e. The van der Waals surface area contributed by atoms with Crippen LogP contribution in [0.15, 0.2) is 41.1 Å². The average molecular weight is 280 g/mol. The Bertz CT molecular complexity index is 759. The third kappa shape index (κ3) is 2.38. The van der Waals surface area contributed by atoms with E-state index in [-0.39, 0.29) is 0 Å². The topological polar surface area (TPSA) is 77.8 Å². The minimum absolute atomic E-state index is 0.424. The third-order valence-corrected chi connectivity index (χ3v) is 3.43. The lowest BCUT2D eigenvalue weighted by atomic mass is 10.1. The van der Waals surface area contributed by atoms with Gasteiger partial charge in [-0.05, 0) is 36.6 Å². The first-order valence-corrected chi connectivity index (χ1v) is 6.84. The summed E-state index contributed by atoms with van der Waals surface area (Å²) in [7, 11) is 0. The van der Waals surface area contributed by atoms with Crippen LogP contribution in [-0.4, -0.2) is 15.1 Å². The molecule has 0 spiro atoms. The van der Waals surface area contributed by atoms with Gasteiger partial charge in [0.05, 0.1) is 5.56 Å². The van der Waals surface area contributed by atoms with E-state index in [0.717, 1.165) is 28.8 Å². The van der Waals surface area contributed by atoms with Crippen molar-refractivity contribution in [3.05, 3.63) is 47.7 Å². The zero-order chi connectivity index (χ0) is 14.8. The number of nitrogen functional groups attached to an aromatic ring is 1. The molecule has 106 valence electrons. The van der Waals surface area contributed by atoms with Crippen molar-refractivity contribution in [2.24, 2.45) is 0 Å². The average Bonchev–Trinajstić information content (AvgIpc) is 2.96. The molecule has 1 aromatic carbocycles. The van der Waals surface area contributed by atoms with Crippen molar-refractivity contribution in [1.82, 2.24) is 15.1 Å². The number of nitrogens with two attached hydrogens (primary N) is 1. The largest absolute Gasteiger partial charge is 0.398 e. The molecule has 0 saturated carbocycles. The Kier molecular flexibility index (Phi) is 3.39. The highest BCUT2D eigenvalue weighted by atomic mass is 16.5. The number of pyridine rings is 1. The normalized spacial score (nSPS) is 10.8. The van der Waals surface area contributed by atoms with Crippen molar-refractivity contribution in [3.8, 4) is 23.0 Å². The van der Waals surface area contributed by atoms with Gasteiger partial charge >= 0.3 is 0 Å². The number of hydrogen-bond donors (Lipinski definition) is 1. The summed E-state index contributed by atoms with van der Waals surface area (Å²) in [6.07, 6.45) is 2.59. The molecule has 0 fully saturated rings. The number of aryl methyl sites for hydroxylation is 2. The third-order valence-electron chi connectivity index (χ3n) is 3.43. The standard InChI is InChI=1S/C16H16N4O/c1-3-11-7-5-9-18-14(11)15-19-16(21-20-15)13-10(2)6-4-8-12(13)17/h4-9H,3,17H2,1-2H3. The molecule has 0 radical (unpaired) electrons. The van der Waals surface area contributed by atoms with Crippen LogP contribution in [0.2, 0.25) is 0 Å². The summed E-state index contributed by atoms with van der Waals surface area (Å²) in [5.41, 5.74) is 10.3.